The number of fused-ring (bicyclic) bond motifs is 1. The molecule has 3 rings (SSSR count). The van der Waals surface area contributed by atoms with Gasteiger partial charge in [-0.3, -0.25) is 9.59 Å². The van der Waals surface area contributed by atoms with Crippen LogP contribution in [0.3, 0.4) is 0 Å². The summed E-state index contributed by atoms with van der Waals surface area (Å²) in [5, 5.41) is 10.3. The van der Waals surface area contributed by atoms with Crippen LogP contribution < -0.4 is 4.74 Å². The lowest BCUT2D eigenvalue weighted by molar-refractivity contribution is -0.142. The van der Waals surface area contributed by atoms with Crippen LogP contribution in [0.4, 0.5) is 0 Å². The van der Waals surface area contributed by atoms with E-state index in [0.717, 1.165) is 0 Å². The smallest absolute Gasteiger partial charge is 0.313 e. The van der Waals surface area contributed by atoms with E-state index >= 15 is 0 Å². The molecule has 2 aromatic carbocycles. The minimum atomic E-state index is -0.808. The highest BCUT2D eigenvalue weighted by atomic mass is 16.5. The van der Waals surface area contributed by atoms with Gasteiger partial charge in [0, 0.05) is 5.56 Å². The third-order valence-electron chi connectivity index (χ3n) is 4.36. The first-order valence-electron chi connectivity index (χ1n) is 7.64. The Morgan fingerprint density at radius 1 is 1.08 bits per heavy atom. The zero-order valence-electron chi connectivity index (χ0n) is 13.5. The van der Waals surface area contributed by atoms with Crippen molar-refractivity contribution >= 4 is 11.8 Å². The number of methoxy groups -OCH3 is 2. The lowest BCUT2D eigenvalue weighted by Crippen LogP contribution is -2.12. The molecule has 1 aliphatic rings. The number of carbonyl (C=O) groups excluding carboxylic acids is 2. The van der Waals surface area contributed by atoms with E-state index in [9.17, 15) is 14.7 Å². The molecule has 0 amide bonds. The molecule has 2 aromatic rings. The Bertz CT molecular complexity index is 782. The fraction of sp³-hybridized carbons (Fsp3) is 0.263. The molecular weight excluding hydrogens is 308 g/mol. The number of aliphatic hydroxyl groups is 1. The SMILES string of the molecule is COC(=O)C1CC(O)c2cc(C(=O)c3ccccc3)c(OC)cc21. The summed E-state index contributed by atoms with van der Waals surface area (Å²) in [6.45, 7) is 0. The van der Waals surface area contributed by atoms with Crippen LogP contribution in [0.5, 0.6) is 5.75 Å². The predicted molar refractivity (Wildman–Crippen MR) is 87.2 cm³/mol. The molecule has 0 aromatic heterocycles. The number of rotatable bonds is 4. The molecule has 0 bridgehead atoms. The van der Waals surface area contributed by atoms with E-state index in [1.54, 1.807) is 36.4 Å². The van der Waals surface area contributed by atoms with Gasteiger partial charge in [-0.15, -0.1) is 0 Å². The average molecular weight is 326 g/mol. The fourth-order valence-electron chi connectivity index (χ4n) is 3.14. The molecule has 0 spiro atoms. The number of benzene rings is 2. The fourth-order valence-corrected chi connectivity index (χ4v) is 3.14. The number of ether oxygens (including phenoxy) is 2. The molecule has 0 fully saturated rings. The first kappa shape index (κ1) is 16.2. The summed E-state index contributed by atoms with van der Waals surface area (Å²) in [7, 11) is 2.79. The monoisotopic (exact) mass is 326 g/mol. The summed E-state index contributed by atoms with van der Waals surface area (Å²) in [6.07, 6.45) is -0.564. The second-order valence-electron chi connectivity index (χ2n) is 5.70. The van der Waals surface area contributed by atoms with Gasteiger partial charge in [0.15, 0.2) is 5.78 Å². The number of aliphatic hydroxyl groups excluding tert-OH is 1. The molecular formula is C19H18O5. The molecule has 5 nitrogen and oxygen atoms in total. The second kappa shape index (κ2) is 6.45. The molecule has 124 valence electrons. The van der Waals surface area contributed by atoms with Crippen molar-refractivity contribution in [2.24, 2.45) is 0 Å². The summed E-state index contributed by atoms with van der Waals surface area (Å²) < 4.78 is 10.2. The number of carbonyl (C=O) groups is 2. The summed E-state index contributed by atoms with van der Waals surface area (Å²) in [5.74, 6) is -0.763. The Balaban J connectivity index is 2.09. The summed E-state index contributed by atoms with van der Waals surface area (Å²) >= 11 is 0. The van der Waals surface area contributed by atoms with Crippen molar-refractivity contribution in [1.29, 1.82) is 0 Å². The van der Waals surface area contributed by atoms with Gasteiger partial charge in [0.05, 0.1) is 31.8 Å². The summed E-state index contributed by atoms with van der Waals surface area (Å²) in [6, 6.07) is 12.1. The van der Waals surface area contributed by atoms with Gasteiger partial charge in [0.2, 0.25) is 0 Å². The second-order valence-corrected chi connectivity index (χ2v) is 5.70. The van der Waals surface area contributed by atoms with E-state index in [1.807, 2.05) is 6.07 Å². The van der Waals surface area contributed by atoms with E-state index in [0.29, 0.717) is 28.0 Å². The van der Waals surface area contributed by atoms with E-state index in [1.165, 1.54) is 14.2 Å². The maximum atomic E-state index is 12.8. The van der Waals surface area contributed by atoms with Crippen LogP contribution in [0.1, 0.15) is 45.5 Å². The highest BCUT2D eigenvalue weighted by Crippen LogP contribution is 2.44. The van der Waals surface area contributed by atoms with Crippen LogP contribution in [0.25, 0.3) is 0 Å². The maximum absolute atomic E-state index is 12.8. The Hall–Kier alpha value is -2.66. The van der Waals surface area contributed by atoms with Gasteiger partial charge >= 0.3 is 5.97 Å². The molecule has 5 heteroatoms. The molecule has 0 heterocycles. The van der Waals surface area contributed by atoms with E-state index in [-0.39, 0.29) is 12.2 Å². The highest BCUT2D eigenvalue weighted by Gasteiger charge is 2.37. The van der Waals surface area contributed by atoms with E-state index < -0.39 is 18.0 Å². The van der Waals surface area contributed by atoms with Crippen LogP contribution in [0.2, 0.25) is 0 Å². The quantitative estimate of drug-likeness (QED) is 0.691. The molecule has 2 unspecified atom stereocenters. The van der Waals surface area contributed by atoms with Crippen LogP contribution >= 0.6 is 0 Å². The lowest BCUT2D eigenvalue weighted by Gasteiger charge is -2.13. The summed E-state index contributed by atoms with van der Waals surface area (Å²) in [4.78, 5) is 24.7. The first-order chi connectivity index (χ1) is 11.6. The molecule has 1 aliphatic carbocycles. The van der Waals surface area contributed by atoms with Crippen molar-refractivity contribution in [1.82, 2.24) is 0 Å². The highest BCUT2D eigenvalue weighted by molar-refractivity contribution is 6.11. The minimum Gasteiger partial charge on any atom is -0.496 e. The molecule has 0 aliphatic heterocycles. The zero-order valence-corrected chi connectivity index (χ0v) is 13.5. The molecule has 2 atom stereocenters. The zero-order chi connectivity index (χ0) is 17.3. The Kier molecular flexibility index (Phi) is 4.36. The van der Waals surface area contributed by atoms with Crippen molar-refractivity contribution in [2.75, 3.05) is 14.2 Å². The van der Waals surface area contributed by atoms with Gasteiger partial charge in [-0.2, -0.15) is 0 Å². The third kappa shape index (κ3) is 2.67. The Morgan fingerprint density at radius 3 is 2.42 bits per heavy atom. The van der Waals surface area contributed by atoms with Gasteiger partial charge in [-0.25, -0.2) is 0 Å². The minimum absolute atomic E-state index is 0.191. The van der Waals surface area contributed by atoms with Gasteiger partial charge in [0.1, 0.15) is 5.75 Å². The molecule has 24 heavy (non-hydrogen) atoms. The number of esters is 1. The number of ketones is 1. The molecule has 0 saturated carbocycles. The Labute approximate surface area is 139 Å². The lowest BCUT2D eigenvalue weighted by atomic mass is 9.95. The van der Waals surface area contributed by atoms with Crippen molar-refractivity contribution < 1.29 is 24.2 Å². The van der Waals surface area contributed by atoms with Crippen LogP contribution in [-0.2, 0) is 9.53 Å². The average Bonchev–Trinajstić information content (AvgIpc) is 2.96. The van der Waals surface area contributed by atoms with E-state index in [2.05, 4.69) is 0 Å². The van der Waals surface area contributed by atoms with Crippen molar-refractivity contribution in [3.63, 3.8) is 0 Å². The normalized spacial score (nSPS) is 18.8. The molecule has 0 saturated heterocycles. The van der Waals surface area contributed by atoms with Gasteiger partial charge in [0.25, 0.3) is 0 Å². The van der Waals surface area contributed by atoms with Gasteiger partial charge in [-0.1, -0.05) is 30.3 Å². The van der Waals surface area contributed by atoms with Crippen LogP contribution in [0.15, 0.2) is 42.5 Å². The third-order valence-corrected chi connectivity index (χ3v) is 4.36. The first-order valence-corrected chi connectivity index (χ1v) is 7.64. The Morgan fingerprint density at radius 2 is 1.79 bits per heavy atom. The van der Waals surface area contributed by atoms with Crippen LogP contribution in [0, 0.1) is 0 Å². The standard InChI is InChI=1S/C19H18O5/c1-23-17-10-12-13(16(20)9-14(12)19(22)24-2)8-15(17)18(21)11-6-4-3-5-7-11/h3-8,10,14,16,20H,9H2,1-2H3. The van der Waals surface area contributed by atoms with Gasteiger partial charge in [-0.05, 0) is 29.7 Å². The molecule has 0 radical (unpaired) electrons. The predicted octanol–water partition coefficient (Wildman–Crippen LogP) is 2.62. The summed E-state index contributed by atoms with van der Waals surface area (Å²) in [5.41, 5.74) is 2.13. The van der Waals surface area contributed by atoms with Crippen molar-refractivity contribution in [2.45, 2.75) is 18.4 Å². The largest absolute Gasteiger partial charge is 0.496 e. The van der Waals surface area contributed by atoms with Crippen molar-refractivity contribution in [3.8, 4) is 5.75 Å². The van der Waals surface area contributed by atoms with Gasteiger partial charge < -0.3 is 14.6 Å². The van der Waals surface area contributed by atoms with Crippen molar-refractivity contribution in [3.05, 3.63) is 64.7 Å². The van der Waals surface area contributed by atoms with E-state index in [4.69, 9.17) is 9.47 Å². The number of hydrogen-bond donors (Lipinski definition) is 1. The maximum Gasteiger partial charge on any atom is 0.313 e. The molecule has 1 N–H and O–H groups in total. The number of hydrogen-bond acceptors (Lipinski definition) is 5. The van der Waals surface area contributed by atoms with Crippen LogP contribution in [-0.4, -0.2) is 31.1 Å². The topological polar surface area (TPSA) is 72.8 Å².